The fourth-order valence-corrected chi connectivity index (χ4v) is 3.82. The fourth-order valence-electron chi connectivity index (χ4n) is 3.31. The van der Waals surface area contributed by atoms with Crippen LogP contribution in [0.4, 0.5) is 13.2 Å². The highest BCUT2D eigenvalue weighted by atomic mass is 32.2. The molecule has 0 saturated heterocycles. The van der Waals surface area contributed by atoms with Crippen molar-refractivity contribution >= 4 is 10.1 Å². The molecule has 2 aromatic rings. The van der Waals surface area contributed by atoms with Crippen LogP contribution in [0.5, 0.6) is 0 Å². The maximum atomic E-state index is 12.7. The summed E-state index contributed by atoms with van der Waals surface area (Å²) in [6, 6.07) is 18.6. The van der Waals surface area contributed by atoms with Crippen molar-refractivity contribution < 1.29 is 25.8 Å². The standard InChI is InChI=1S/C19H17F3O3S/c20-19(21,22)26(23,24)25-17-12-7-13-18(14-17,15-8-3-1-4-9-15)16-10-5-2-6-11-16/h1-6,8-11,14H,7,12-13H2. The minimum Gasteiger partial charge on any atom is -0.381 e. The smallest absolute Gasteiger partial charge is 0.381 e. The molecular formula is C19H17F3O3S. The van der Waals surface area contributed by atoms with Crippen molar-refractivity contribution in [3.8, 4) is 0 Å². The summed E-state index contributed by atoms with van der Waals surface area (Å²) in [5.41, 5.74) is -4.45. The van der Waals surface area contributed by atoms with Gasteiger partial charge in [-0.25, -0.2) is 0 Å². The Morgan fingerprint density at radius 2 is 1.38 bits per heavy atom. The summed E-state index contributed by atoms with van der Waals surface area (Å²) in [6.45, 7) is 0. The van der Waals surface area contributed by atoms with E-state index in [0.29, 0.717) is 12.8 Å². The number of alkyl halides is 3. The zero-order valence-electron chi connectivity index (χ0n) is 13.7. The van der Waals surface area contributed by atoms with Crippen molar-refractivity contribution in [3.05, 3.63) is 83.6 Å². The van der Waals surface area contributed by atoms with Crippen molar-refractivity contribution in [1.29, 1.82) is 0 Å². The Balaban J connectivity index is 2.11. The average Bonchev–Trinajstić information content (AvgIpc) is 2.62. The van der Waals surface area contributed by atoms with Gasteiger partial charge in [0.2, 0.25) is 0 Å². The fraction of sp³-hybridized carbons (Fsp3) is 0.263. The molecule has 2 aromatic carbocycles. The van der Waals surface area contributed by atoms with Gasteiger partial charge in [-0.15, -0.1) is 0 Å². The summed E-state index contributed by atoms with van der Waals surface area (Å²) in [5, 5.41) is 0. The number of hydrogen-bond donors (Lipinski definition) is 0. The van der Waals surface area contributed by atoms with Crippen LogP contribution in [-0.2, 0) is 19.7 Å². The predicted octanol–water partition coefficient (Wildman–Crippen LogP) is 4.91. The molecule has 0 aromatic heterocycles. The van der Waals surface area contributed by atoms with Crippen molar-refractivity contribution in [3.63, 3.8) is 0 Å². The number of halogens is 3. The van der Waals surface area contributed by atoms with E-state index in [4.69, 9.17) is 0 Å². The van der Waals surface area contributed by atoms with Gasteiger partial charge in [0.1, 0.15) is 5.76 Å². The van der Waals surface area contributed by atoms with Gasteiger partial charge in [-0.3, -0.25) is 0 Å². The Morgan fingerprint density at radius 1 is 0.885 bits per heavy atom. The first-order valence-corrected chi connectivity index (χ1v) is 9.49. The molecular weight excluding hydrogens is 365 g/mol. The number of rotatable bonds is 4. The van der Waals surface area contributed by atoms with Crippen LogP contribution in [0.15, 0.2) is 72.5 Å². The van der Waals surface area contributed by atoms with Gasteiger partial charge in [0, 0.05) is 11.8 Å². The minimum absolute atomic E-state index is 0.136. The third-order valence-electron chi connectivity index (χ3n) is 4.48. The minimum atomic E-state index is -5.68. The van der Waals surface area contributed by atoms with Gasteiger partial charge in [0.05, 0.1) is 0 Å². The van der Waals surface area contributed by atoms with Gasteiger partial charge in [0.25, 0.3) is 0 Å². The number of hydrogen-bond acceptors (Lipinski definition) is 3. The van der Waals surface area contributed by atoms with E-state index in [1.165, 1.54) is 6.08 Å². The molecule has 7 heteroatoms. The van der Waals surface area contributed by atoms with Crippen LogP contribution in [0.3, 0.4) is 0 Å². The van der Waals surface area contributed by atoms with Crippen LogP contribution < -0.4 is 0 Å². The molecule has 26 heavy (non-hydrogen) atoms. The molecule has 3 nitrogen and oxygen atoms in total. The first-order chi connectivity index (χ1) is 12.2. The molecule has 1 aliphatic carbocycles. The highest BCUT2D eigenvalue weighted by Gasteiger charge is 2.49. The lowest BCUT2D eigenvalue weighted by atomic mass is 9.68. The van der Waals surface area contributed by atoms with E-state index < -0.39 is 21.0 Å². The lowest BCUT2D eigenvalue weighted by Gasteiger charge is -2.36. The van der Waals surface area contributed by atoms with Crippen molar-refractivity contribution in [1.82, 2.24) is 0 Å². The van der Waals surface area contributed by atoms with Crippen LogP contribution in [0, 0.1) is 0 Å². The molecule has 0 atom stereocenters. The Kier molecular flexibility index (Phi) is 4.84. The highest BCUT2D eigenvalue weighted by molar-refractivity contribution is 7.87. The highest BCUT2D eigenvalue weighted by Crippen LogP contribution is 2.44. The summed E-state index contributed by atoms with van der Waals surface area (Å²) >= 11 is 0. The SMILES string of the molecule is O=S(=O)(OC1=CC(c2ccccc2)(c2ccccc2)CCC1)C(F)(F)F. The van der Waals surface area contributed by atoms with E-state index in [0.717, 1.165) is 11.1 Å². The van der Waals surface area contributed by atoms with Crippen molar-refractivity contribution in [2.24, 2.45) is 0 Å². The molecule has 0 amide bonds. The molecule has 0 aliphatic heterocycles. The van der Waals surface area contributed by atoms with Gasteiger partial charge in [0.15, 0.2) is 0 Å². The molecule has 0 saturated carbocycles. The molecule has 0 heterocycles. The third kappa shape index (κ3) is 3.49. The normalized spacial score (nSPS) is 17.4. The van der Waals surface area contributed by atoms with E-state index in [-0.39, 0.29) is 12.2 Å². The van der Waals surface area contributed by atoms with Gasteiger partial charge < -0.3 is 4.18 Å². The van der Waals surface area contributed by atoms with Crippen LogP contribution in [-0.4, -0.2) is 13.9 Å². The van der Waals surface area contributed by atoms with E-state index in [9.17, 15) is 21.6 Å². The Bertz CT molecular complexity index is 849. The summed E-state index contributed by atoms with van der Waals surface area (Å²) in [7, 11) is -5.68. The van der Waals surface area contributed by atoms with Crippen LogP contribution in [0.1, 0.15) is 30.4 Å². The zero-order chi connectivity index (χ0) is 18.8. The zero-order valence-corrected chi connectivity index (χ0v) is 14.6. The van der Waals surface area contributed by atoms with Crippen LogP contribution in [0.2, 0.25) is 0 Å². The van der Waals surface area contributed by atoms with Crippen molar-refractivity contribution in [2.75, 3.05) is 0 Å². The van der Waals surface area contributed by atoms with Gasteiger partial charge in [-0.1, -0.05) is 60.7 Å². The van der Waals surface area contributed by atoms with E-state index in [1.54, 1.807) is 0 Å². The largest absolute Gasteiger partial charge is 0.534 e. The van der Waals surface area contributed by atoms with E-state index >= 15 is 0 Å². The predicted molar refractivity (Wildman–Crippen MR) is 91.7 cm³/mol. The second-order valence-electron chi connectivity index (χ2n) is 6.15. The summed E-state index contributed by atoms with van der Waals surface area (Å²) in [4.78, 5) is 0. The molecule has 0 unspecified atom stereocenters. The lowest BCUT2D eigenvalue weighted by molar-refractivity contribution is -0.0524. The van der Waals surface area contributed by atoms with Crippen LogP contribution >= 0.6 is 0 Å². The van der Waals surface area contributed by atoms with Gasteiger partial charge in [-0.05, 0) is 30.0 Å². The number of allylic oxidation sites excluding steroid dienone is 2. The molecule has 0 spiro atoms. The van der Waals surface area contributed by atoms with E-state index in [2.05, 4.69) is 4.18 Å². The average molecular weight is 382 g/mol. The second kappa shape index (κ2) is 6.79. The lowest BCUT2D eigenvalue weighted by Crippen LogP contribution is -2.31. The second-order valence-corrected chi connectivity index (χ2v) is 7.69. The van der Waals surface area contributed by atoms with Crippen molar-refractivity contribution in [2.45, 2.75) is 30.2 Å². The Hall–Kier alpha value is -2.28. The molecule has 3 rings (SSSR count). The van der Waals surface area contributed by atoms with E-state index in [1.807, 2.05) is 60.7 Å². The first-order valence-electron chi connectivity index (χ1n) is 8.08. The summed E-state index contributed by atoms with van der Waals surface area (Å²) in [6.07, 6.45) is 2.80. The topological polar surface area (TPSA) is 43.4 Å². The van der Waals surface area contributed by atoms with Crippen LogP contribution in [0.25, 0.3) is 0 Å². The molecule has 0 fully saturated rings. The third-order valence-corrected chi connectivity index (χ3v) is 5.48. The van der Waals surface area contributed by atoms with Gasteiger partial charge in [-0.2, -0.15) is 21.6 Å². The molecule has 1 aliphatic rings. The maximum Gasteiger partial charge on any atom is 0.534 e. The molecule has 0 bridgehead atoms. The first kappa shape index (κ1) is 18.5. The molecule has 0 N–H and O–H groups in total. The Labute approximate surface area is 150 Å². The monoisotopic (exact) mass is 382 g/mol. The number of benzene rings is 2. The molecule has 138 valence electrons. The summed E-state index contributed by atoms with van der Waals surface area (Å²) < 4.78 is 65.3. The summed E-state index contributed by atoms with van der Waals surface area (Å²) in [5.74, 6) is -0.179. The quantitative estimate of drug-likeness (QED) is 0.558. The molecule has 0 radical (unpaired) electrons. The maximum absolute atomic E-state index is 12.7. The Morgan fingerprint density at radius 3 is 1.85 bits per heavy atom. The van der Waals surface area contributed by atoms with Gasteiger partial charge >= 0.3 is 15.6 Å².